The van der Waals surface area contributed by atoms with Gasteiger partial charge in [-0.25, -0.2) is 0 Å². The van der Waals surface area contributed by atoms with Crippen molar-refractivity contribution in [3.05, 3.63) is 49.1 Å². The van der Waals surface area contributed by atoms with E-state index < -0.39 is 0 Å². The van der Waals surface area contributed by atoms with Gasteiger partial charge in [0, 0.05) is 34.4 Å². The number of hydrogen-bond donors (Lipinski definition) is 1. The second kappa shape index (κ2) is 6.48. The number of nitrogens with one attached hydrogen (secondary N) is 1. The largest absolute Gasteiger partial charge is 0.493 e. The topological polar surface area (TPSA) is 21.3 Å². The lowest BCUT2D eigenvalue weighted by atomic mass is 10.1. The molecule has 1 N–H and O–H groups in total. The Labute approximate surface area is 136 Å². The van der Waals surface area contributed by atoms with E-state index in [-0.39, 0.29) is 0 Å². The highest BCUT2D eigenvalue weighted by molar-refractivity contribution is 9.10. The summed E-state index contributed by atoms with van der Waals surface area (Å²) in [7, 11) is 0. The quantitative estimate of drug-likeness (QED) is 0.784. The molecule has 2 aromatic rings. The third kappa shape index (κ3) is 3.37. The van der Waals surface area contributed by atoms with Gasteiger partial charge in [0.15, 0.2) is 0 Å². The van der Waals surface area contributed by atoms with E-state index in [1.165, 1.54) is 16.0 Å². The first-order chi connectivity index (χ1) is 9.72. The van der Waals surface area contributed by atoms with Gasteiger partial charge >= 0.3 is 0 Å². The van der Waals surface area contributed by atoms with Crippen LogP contribution in [0.5, 0.6) is 5.75 Å². The molecular weight excluding hydrogens is 358 g/mol. The number of hydrogen-bond acceptors (Lipinski definition) is 3. The molecule has 0 amide bonds. The van der Waals surface area contributed by atoms with Crippen LogP contribution in [0.2, 0.25) is 4.34 Å². The predicted octanol–water partition coefficient (Wildman–Crippen LogP) is 4.43. The van der Waals surface area contributed by atoms with E-state index in [1.807, 2.05) is 6.07 Å². The molecule has 2 nitrogen and oxygen atoms in total. The maximum absolute atomic E-state index is 5.93. The summed E-state index contributed by atoms with van der Waals surface area (Å²) in [5.41, 5.74) is 2.54. The maximum atomic E-state index is 5.93. The Kier molecular flexibility index (Phi) is 4.66. The lowest BCUT2D eigenvalue weighted by Crippen LogP contribution is -2.16. The number of rotatable bonds is 5. The Hall–Kier alpha value is -0.550. The summed E-state index contributed by atoms with van der Waals surface area (Å²) in [6.07, 6.45) is 2.02. The maximum Gasteiger partial charge on any atom is 0.127 e. The highest BCUT2D eigenvalue weighted by atomic mass is 79.9. The summed E-state index contributed by atoms with van der Waals surface area (Å²) in [5, 5.41) is 3.48. The van der Waals surface area contributed by atoms with Crippen LogP contribution in [-0.4, -0.2) is 13.2 Å². The van der Waals surface area contributed by atoms with Crippen LogP contribution >= 0.6 is 38.9 Å². The molecule has 0 fully saturated rings. The highest BCUT2D eigenvalue weighted by Gasteiger charge is 2.16. The second-order valence-electron chi connectivity index (χ2n) is 4.78. The molecule has 0 unspecified atom stereocenters. The number of ether oxygens (including phenoxy) is 1. The van der Waals surface area contributed by atoms with Gasteiger partial charge in [0.05, 0.1) is 10.9 Å². The average Bonchev–Trinajstić information content (AvgIpc) is 3.03. The van der Waals surface area contributed by atoms with Crippen LogP contribution in [-0.2, 0) is 19.4 Å². The van der Waals surface area contributed by atoms with Crippen LogP contribution in [0.4, 0.5) is 0 Å². The minimum atomic E-state index is 0.798. The van der Waals surface area contributed by atoms with Gasteiger partial charge in [-0.1, -0.05) is 27.5 Å². The molecule has 0 saturated carbocycles. The first-order valence-electron chi connectivity index (χ1n) is 6.61. The molecular formula is C15H15BrClNOS. The monoisotopic (exact) mass is 371 g/mol. The number of thiophene rings is 1. The Balaban J connectivity index is 1.56. The van der Waals surface area contributed by atoms with Crippen LogP contribution in [0.3, 0.4) is 0 Å². The Morgan fingerprint density at radius 2 is 2.25 bits per heavy atom. The molecule has 1 aromatic carbocycles. The minimum Gasteiger partial charge on any atom is -0.493 e. The Morgan fingerprint density at radius 3 is 3.05 bits per heavy atom. The zero-order valence-electron chi connectivity index (χ0n) is 10.9. The molecule has 0 atom stereocenters. The van der Waals surface area contributed by atoms with Crippen molar-refractivity contribution in [3.63, 3.8) is 0 Å². The van der Waals surface area contributed by atoms with Gasteiger partial charge in [0.1, 0.15) is 5.75 Å². The first kappa shape index (κ1) is 14.4. The average molecular weight is 373 g/mol. The van der Waals surface area contributed by atoms with Crippen molar-refractivity contribution in [2.75, 3.05) is 13.2 Å². The smallest absolute Gasteiger partial charge is 0.127 e. The number of benzene rings is 1. The highest BCUT2D eigenvalue weighted by Crippen LogP contribution is 2.32. The standard InChI is InChI=1S/C15H15BrClNOS/c16-12-7-10-4-6-19-15(10)11(8-12)9-18-5-3-13-1-2-14(17)20-13/h1-2,7-8,18H,3-6,9H2. The fourth-order valence-electron chi connectivity index (χ4n) is 2.40. The summed E-state index contributed by atoms with van der Waals surface area (Å²) in [6, 6.07) is 8.34. The van der Waals surface area contributed by atoms with E-state index in [0.29, 0.717) is 0 Å². The minimum absolute atomic E-state index is 0.798. The van der Waals surface area contributed by atoms with E-state index in [4.69, 9.17) is 16.3 Å². The van der Waals surface area contributed by atoms with Gasteiger partial charge in [-0.2, -0.15) is 0 Å². The Bertz CT molecular complexity index is 614. The van der Waals surface area contributed by atoms with Gasteiger partial charge in [-0.05, 0) is 36.2 Å². The Morgan fingerprint density at radius 1 is 1.35 bits per heavy atom. The molecule has 106 valence electrons. The second-order valence-corrected chi connectivity index (χ2v) is 7.50. The van der Waals surface area contributed by atoms with Gasteiger partial charge < -0.3 is 10.1 Å². The number of fused-ring (bicyclic) bond motifs is 1. The summed E-state index contributed by atoms with van der Waals surface area (Å²) in [6.45, 7) is 2.57. The normalized spacial score (nSPS) is 13.3. The van der Waals surface area contributed by atoms with Gasteiger partial charge in [0.25, 0.3) is 0 Å². The fraction of sp³-hybridized carbons (Fsp3) is 0.333. The zero-order valence-corrected chi connectivity index (χ0v) is 14.1. The molecule has 0 saturated heterocycles. The third-order valence-electron chi connectivity index (χ3n) is 3.32. The number of halogens is 2. The van der Waals surface area contributed by atoms with Crippen LogP contribution in [0.1, 0.15) is 16.0 Å². The van der Waals surface area contributed by atoms with Gasteiger partial charge in [0.2, 0.25) is 0 Å². The first-order valence-corrected chi connectivity index (χ1v) is 8.60. The van der Waals surface area contributed by atoms with E-state index >= 15 is 0 Å². The summed E-state index contributed by atoms with van der Waals surface area (Å²) < 4.78 is 7.71. The van der Waals surface area contributed by atoms with E-state index in [2.05, 4.69) is 39.4 Å². The van der Waals surface area contributed by atoms with Crippen molar-refractivity contribution >= 4 is 38.9 Å². The molecule has 0 bridgehead atoms. The molecule has 0 aliphatic carbocycles. The van der Waals surface area contributed by atoms with E-state index in [1.54, 1.807) is 11.3 Å². The molecule has 0 radical (unpaired) electrons. The molecule has 5 heteroatoms. The molecule has 2 heterocycles. The molecule has 20 heavy (non-hydrogen) atoms. The lowest BCUT2D eigenvalue weighted by Gasteiger charge is -2.10. The van der Waals surface area contributed by atoms with Crippen LogP contribution < -0.4 is 10.1 Å². The van der Waals surface area contributed by atoms with Crippen molar-refractivity contribution < 1.29 is 4.74 Å². The summed E-state index contributed by atoms with van der Waals surface area (Å²) in [4.78, 5) is 1.32. The van der Waals surface area contributed by atoms with Gasteiger partial charge in [-0.15, -0.1) is 11.3 Å². The summed E-state index contributed by atoms with van der Waals surface area (Å²) in [5.74, 6) is 1.07. The van der Waals surface area contributed by atoms with Crippen LogP contribution in [0, 0.1) is 0 Å². The summed E-state index contributed by atoms with van der Waals surface area (Å²) >= 11 is 11.1. The molecule has 1 aromatic heterocycles. The molecule has 1 aliphatic rings. The fourth-order valence-corrected chi connectivity index (χ4v) is 4.04. The van der Waals surface area contributed by atoms with Crippen LogP contribution in [0.15, 0.2) is 28.7 Å². The predicted molar refractivity (Wildman–Crippen MR) is 88.1 cm³/mol. The zero-order chi connectivity index (χ0) is 13.9. The van der Waals surface area contributed by atoms with Crippen molar-refractivity contribution in [1.82, 2.24) is 5.32 Å². The third-order valence-corrected chi connectivity index (χ3v) is 5.07. The van der Waals surface area contributed by atoms with E-state index in [9.17, 15) is 0 Å². The lowest BCUT2D eigenvalue weighted by molar-refractivity contribution is 0.352. The van der Waals surface area contributed by atoms with Crippen molar-refractivity contribution in [2.45, 2.75) is 19.4 Å². The van der Waals surface area contributed by atoms with Gasteiger partial charge in [-0.3, -0.25) is 0 Å². The van der Waals surface area contributed by atoms with Crippen LogP contribution in [0.25, 0.3) is 0 Å². The SMILES string of the molecule is Clc1ccc(CCNCc2cc(Br)cc3c2OCC3)s1. The molecule has 0 spiro atoms. The van der Waals surface area contributed by atoms with Crippen molar-refractivity contribution in [1.29, 1.82) is 0 Å². The van der Waals surface area contributed by atoms with E-state index in [0.717, 1.165) is 47.1 Å². The van der Waals surface area contributed by atoms with Crippen molar-refractivity contribution in [2.24, 2.45) is 0 Å². The molecule has 1 aliphatic heterocycles. The molecule has 3 rings (SSSR count). The van der Waals surface area contributed by atoms with Crippen molar-refractivity contribution in [3.8, 4) is 5.75 Å².